The lowest BCUT2D eigenvalue weighted by atomic mass is 9.95. The molecule has 1 aromatic heterocycles. The van der Waals surface area contributed by atoms with Crippen molar-refractivity contribution in [2.45, 2.75) is 78.6 Å². The highest BCUT2D eigenvalue weighted by Crippen LogP contribution is 2.32. The van der Waals surface area contributed by atoms with E-state index in [4.69, 9.17) is 0 Å². The summed E-state index contributed by atoms with van der Waals surface area (Å²) in [6, 6.07) is 3.34. The topological polar surface area (TPSA) is 28.4 Å². The molecular formula is C17H30N2O. The van der Waals surface area contributed by atoms with Gasteiger partial charge in [0.1, 0.15) is 0 Å². The van der Waals surface area contributed by atoms with Crippen molar-refractivity contribution < 1.29 is 5.11 Å². The summed E-state index contributed by atoms with van der Waals surface area (Å²) in [5.41, 5.74) is 3.84. The molecular weight excluding hydrogens is 248 g/mol. The van der Waals surface area contributed by atoms with Crippen molar-refractivity contribution in [3.63, 3.8) is 0 Å². The SMILES string of the molecule is Cc1cc2c(n1CCN(C(C)C)C(C)C)CCCC2O. The number of rotatable bonds is 5. The molecule has 0 saturated heterocycles. The van der Waals surface area contributed by atoms with Crippen molar-refractivity contribution in [2.24, 2.45) is 0 Å². The minimum atomic E-state index is -0.245. The molecule has 1 unspecified atom stereocenters. The largest absolute Gasteiger partial charge is 0.388 e. The van der Waals surface area contributed by atoms with Crippen LogP contribution in [0.15, 0.2) is 6.07 Å². The van der Waals surface area contributed by atoms with Crippen molar-refractivity contribution >= 4 is 0 Å². The monoisotopic (exact) mass is 278 g/mol. The number of fused-ring (bicyclic) bond motifs is 1. The molecule has 0 fully saturated rings. The Bertz CT molecular complexity index is 440. The predicted molar refractivity (Wildman–Crippen MR) is 84.0 cm³/mol. The van der Waals surface area contributed by atoms with Crippen molar-refractivity contribution in [1.82, 2.24) is 9.47 Å². The zero-order valence-corrected chi connectivity index (χ0v) is 13.7. The van der Waals surface area contributed by atoms with Crippen LogP contribution >= 0.6 is 0 Å². The third-order valence-corrected chi connectivity index (χ3v) is 4.61. The molecule has 0 amide bonds. The molecule has 0 aromatic carbocycles. The number of hydrogen-bond acceptors (Lipinski definition) is 2. The van der Waals surface area contributed by atoms with Gasteiger partial charge in [0.25, 0.3) is 0 Å². The maximum atomic E-state index is 10.1. The van der Waals surface area contributed by atoms with Gasteiger partial charge >= 0.3 is 0 Å². The van der Waals surface area contributed by atoms with Crippen molar-refractivity contribution in [1.29, 1.82) is 0 Å². The Labute approximate surface area is 123 Å². The molecule has 1 aromatic rings. The number of aliphatic hydroxyl groups is 1. The fourth-order valence-corrected chi connectivity index (χ4v) is 3.58. The molecule has 1 atom stereocenters. The molecule has 1 aliphatic rings. The van der Waals surface area contributed by atoms with E-state index in [9.17, 15) is 5.11 Å². The maximum Gasteiger partial charge on any atom is 0.0807 e. The van der Waals surface area contributed by atoms with Crippen molar-refractivity contribution in [2.75, 3.05) is 6.54 Å². The van der Waals surface area contributed by atoms with E-state index in [0.717, 1.165) is 32.4 Å². The lowest BCUT2D eigenvalue weighted by Crippen LogP contribution is -2.39. The first-order valence-corrected chi connectivity index (χ1v) is 8.04. The van der Waals surface area contributed by atoms with E-state index >= 15 is 0 Å². The fourth-order valence-electron chi connectivity index (χ4n) is 3.58. The van der Waals surface area contributed by atoms with E-state index in [2.05, 4.69) is 50.2 Å². The zero-order chi connectivity index (χ0) is 14.9. The zero-order valence-electron chi connectivity index (χ0n) is 13.7. The molecule has 0 spiro atoms. The highest BCUT2D eigenvalue weighted by Gasteiger charge is 2.23. The second-order valence-electron chi connectivity index (χ2n) is 6.67. The molecule has 0 aliphatic heterocycles. The van der Waals surface area contributed by atoms with Crippen LogP contribution in [0, 0.1) is 6.92 Å². The molecule has 3 heteroatoms. The van der Waals surface area contributed by atoms with Crippen LogP contribution in [0.2, 0.25) is 0 Å². The third-order valence-electron chi connectivity index (χ3n) is 4.61. The normalized spacial score (nSPS) is 19.1. The highest BCUT2D eigenvalue weighted by molar-refractivity contribution is 5.31. The number of nitrogens with zero attached hydrogens (tertiary/aromatic N) is 2. The minimum absolute atomic E-state index is 0.245. The van der Waals surface area contributed by atoms with Gasteiger partial charge in [0.2, 0.25) is 0 Å². The van der Waals surface area contributed by atoms with Crippen LogP contribution in [-0.4, -0.2) is 33.2 Å². The minimum Gasteiger partial charge on any atom is -0.388 e. The highest BCUT2D eigenvalue weighted by atomic mass is 16.3. The first kappa shape index (κ1) is 15.6. The molecule has 2 rings (SSSR count). The van der Waals surface area contributed by atoms with Gasteiger partial charge in [-0.05, 0) is 59.9 Å². The van der Waals surface area contributed by atoms with E-state index in [1.807, 2.05) is 0 Å². The summed E-state index contributed by atoms with van der Waals surface area (Å²) < 4.78 is 2.43. The standard InChI is InChI=1S/C17H30N2O/c1-12(2)18(13(3)4)9-10-19-14(5)11-15-16(19)7-6-8-17(15)20/h11-13,17,20H,6-10H2,1-5H3. The Hall–Kier alpha value is -0.800. The maximum absolute atomic E-state index is 10.1. The second kappa shape index (κ2) is 6.31. The molecule has 0 bridgehead atoms. The van der Waals surface area contributed by atoms with Crippen molar-refractivity contribution in [3.05, 3.63) is 23.0 Å². The first-order valence-electron chi connectivity index (χ1n) is 8.04. The Kier molecular flexibility index (Phi) is 4.92. The van der Waals surface area contributed by atoms with Crippen LogP contribution in [0.1, 0.15) is 63.6 Å². The van der Waals surface area contributed by atoms with Gasteiger partial charge in [-0.1, -0.05) is 0 Å². The smallest absolute Gasteiger partial charge is 0.0807 e. The van der Waals surface area contributed by atoms with Gasteiger partial charge in [-0.3, -0.25) is 4.90 Å². The summed E-state index contributed by atoms with van der Waals surface area (Å²) in [6.45, 7) is 13.3. The summed E-state index contributed by atoms with van der Waals surface area (Å²) in [6.07, 6.45) is 2.89. The third kappa shape index (κ3) is 3.09. The molecule has 114 valence electrons. The molecule has 1 N–H and O–H groups in total. The van der Waals surface area contributed by atoms with Crippen LogP contribution < -0.4 is 0 Å². The second-order valence-corrected chi connectivity index (χ2v) is 6.67. The predicted octanol–water partition coefficient (Wildman–Crippen LogP) is 3.29. The average Bonchev–Trinajstić information content (AvgIpc) is 2.67. The van der Waals surface area contributed by atoms with E-state index in [1.54, 1.807) is 0 Å². The lowest BCUT2D eigenvalue weighted by Gasteiger charge is -2.31. The van der Waals surface area contributed by atoms with Gasteiger partial charge in [-0.2, -0.15) is 0 Å². The fraction of sp³-hybridized carbons (Fsp3) is 0.765. The van der Waals surface area contributed by atoms with Crippen LogP contribution in [0.5, 0.6) is 0 Å². The summed E-state index contributed by atoms with van der Waals surface area (Å²) >= 11 is 0. The lowest BCUT2D eigenvalue weighted by molar-refractivity contribution is 0.153. The molecule has 0 saturated carbocycles. The number of aromatic nitrogens is 1. The molecule has 0 radical (unpaired) electrons. The van der Waals surface area contributed by atoms with E-state index in [0.29, 0.717) is 12.1 Å². The Morgan fingerprint density at radius 1 is 1.30 bits per heavy atom. The van der Waals surface area contributed by atoms with Gasteiger partial charge in [0.15, 0.2) is 0 Å². The van der Waals surface area contributed by atoms with Gasteiger partial charge in [-0.15, -0.1) is 0 Å². The molecule has 20 heavy (non-hydrogen) atoms. The summed E-state index contributed by atoms with van der Waals surface area (Å²) in [5, 5.41) is 10.1. The van der Waals surface area contributed by atoms with Crippen LogP contribution in [0.25, 0.3) is 0 Å². The molecule has 1 aliphatic carbocycles. The van der Waals surface area contributed by atoms with E-state index < -0.39 is 0 Å². The first-order chi connectivity index (χ1) is 9.41. The van der Waals surface area contributed by atoms with E-state index in [1.165, 1.54) is 17.0 Å². The number of aryl methyl sites for hydroxylation is 1. The van der Waals surface area contributed by atoms with Gasteiger partial charge in [0.05, 0.1) is 6.10 Å². The van der Waals surface area contributed by atoms with Gasteiger partial charge in [0, 0.05) is 42.1 Å². The summed E-state index contributed by atoms with van der Waals surface area (Å²) in [5.74, 6) is 0. The number of aliphatic hydroxyl groups excluding tert-OH is 1. The molecule has 3 nitrogen and oxygen atoms in total. The summed E-state index contributed by atoms with van der Waals surface area (Å²) in [4.78, 5) is 2.53. The van der Waals surface area contributed by atoms with Crippen molar-refractivity contribution in [3.8, 4) is 0 Å². The number of hydrogen-bond donors (Lipinski definition) is 1. The molecule has 1 heterocycles. The van der Waals surface area contributed by atoms with Crippen LogP contribution in [-0.2, 0) is 13.0 Å². The Morgan fingerprint density at radius 3 is 2.55 bits per heavy atom. The quantitative estimate of drug-likeness (QED) is 0.895. The average molecular weight is 278 g/mol. The Balaban J connectivity index is 2.14. The van der Waals surface area contributed by atoms with E-state index in [-0.39, 0.29) is 6.10 Å². The Morgan fingerprint density at radius 2 is 1.95 bits per heavy atom. The summed E-state index contributed by atoms with van der Waals surface area (Å²) in [7, 11) is 0. The van der Waals surface area contributed by atoms with Crippen LogP contribution in [0.3, 0.4) is 0 Å². The van der Waals surface area contributed by atoms with Gasteiger partial charge in [-0.25, -0.2) is 0 Å². The van der Waals surface area contributed by atoms with Gasteiger partial charge < -0.3 is 9.67 Å². The van der Waals surface area contributed by atoms with Crippen LogP contribution in [0.4, 0.5) is 0 Å².